The summed E-state index contributed by atoms with van der Waals surface area (Å²) in [6.07, 6.45) is -0.923. The molecule has 15 nitrogen and oxygen atoms in total. The molecule has 0 bridgehead atoms. The first-order valence-electron chi connectivity index (χ1n) is 8.23. The van der Waals surface area contributed by atoms with Gasteiger partial charge in [-0.2, -0.15) is 0 Å². The topological polar surface area (TPSA) is 259 Å². The highest BCUT2D eigenvalue weighted by molar-refractivity contribution is 5.87. The minimum atomic E-state index is -2.12. The molecule has 1 saturated heterocycles. The van der Waals surface area contributed by atoms with Gasteiger partial charge in [-0.3, -0.25) is 9.59 Å². The molecule has 0 aromatic carbocycles. The molecule has 0 aromatic rings. The number of nitrogens with one attached hydrogen (secondary N) is 1. The molecule has 15 heteroatoms. The van der Waals surface area contributed by atoms with E-state index in [0.29, 0.717) is 0 Å². The number of aliphatic hydroxyl groups is 2. The van der Waals surface area contributed by atoms with Crippen molar-refractivity contribution in [1.29, 1.82) is 0 Å². The predicted octanol–water partition coefficient (Wildman–Crippen LogP) is -3.67. The quantitative estimate of drug-likeness (QED) is 0.201. The number of aliphatic carboxylic acids is 2. The van der Waals surface area contributed by atoms with E-state index < -0.39 is 41.6 Å². The van der Waals surface area contributed by atoms with Gasteiger partial charge < -0.3 is 52.6 Å². The summed E-state index contributed by atoms with van der Waals surface area (Å²) < 4.78 is 4.74. The van der Waals surface area contributed by atoms with Gasteiger partial charge in [0, 0.05) is 26.8 Å². The van der Waals surface area contributed by atoms with Crippen LogP contribution in [0.2, 0.25) is 0 Å². The maximum Gasteiger partial charge on any atom is 0.404 e. The van der Waals surface area contributed by atoms with E-state index >= 15 is 0 Å². The largest absolute Gasteiger partial charge is 0.481 e. The van der Waals surface area contributed by atoms with Gasteiger partial charge in [0.2, 0.25) is 5.79 Å². The van der Waals surface area contributed by atoms with E-state index in [1.807, 2.05) is 0 Å². The van der Waals surface area contributed by atoms with Gasteiger partial charge in [-0.15, -0.1) is 0 Å². The third-order valence-corrected chi connectivity index (χ3v) is 4.08. The Morgan fingerprint density at radius 2 is 1.72 bits per heavy atom. The number of carboxylic acid groups (broad SMARTS) is 2. The van der Waals surface area contributed by atoms with Crippen LogP contribution in [0.15, 0.2) is 9.98 Å². The van der Waals surface area contributed by atoms with Crippen molar-refractivity contribution < 1.29 is 39.5 Å². The molecule has 1 spiro atoms. The molecule has 11 N–H and O–H groups in total. The van der Waals surface area contributed by atoms with Crippen molar-refractivity contribution in [3.8, 4) is 0 Å². The fourth-order valence-electron chi connectivity index (χ4n) is 3.23. The fraction of sp³-hybridized carbons (Fsp3) is 0.643. The lowest BCUT2D eigenvalue weighted by molar-refractivity contribution is -0.221. The Bertz CT molecular complexity index is 705. The van der Waals surface area contributed by atoms with E-state index in [-0.39, 0.29) is 31.5 Å². The molecule has 3 aliphatic heterocycles. The molecule has 0 radical (unpaired) electrons. The van der Waals surface area contributed by atoms with Crippen LogP contribution in [0.5, 0.6) is 0 Å². The average molecular weight is 419 g/mol. The molecule has 1 fully saturated rings. The van der Waals surface area contributed by atoms with Crippen LogP contribution in [0.4, 0.5) is 4.79 Å². The first kappa shape index (κ1) is 23.7. The summed E-state index contributed by atoms with van der Waals surface area (Å²) >= 11 is 0. The number of guanidine groups is 2. The second-order valence-corrected chi connectivity index (χ2v) is 6.29. The SMILES string of the molecule is CC(=O)O.CC(=O)O.NC(=O)OC[C@@H]1N=C(N)N2CCC(O)(O)[C@@]23NC(N)=N[C@@H]13. The Morgan fingerprint density at radius 3 is 2.21 bits per heavy atom. The van der Waals surface area contributed by atoms with Gasteiger partial charge in [0.15, 0.2) is 17.6 Å². The zero-order chi connectivity index (χ0) is 22.6. The molecule has 3 aliphatic rings. The van der Waals surface area contributed by atoms with Crippen LogP contribution >= 0.6 is 0 Å². The van der Waals surface area contributed by atoms with Crippen LogP contribution in [0.25, 0.3) is 0 Å². The van der Waals surface area contributed by atoms with Gasteiger partial charge in [0.05, 0.1) is 0 Å². The number of aliphatic imine (C=N–C) groups is 2. The minimum absolute atomic E-state index is 0.0355. The number of nitrogens with two attached hydrogens (primary N) is 3. The summed E-state index contributed by atoms with van der Waals surface area (Å²) in [5.74, 6) is -3.66. The smallest absolute Gasteiger partial charge is 0.404 e. The number of hydrogen-bond donors (Lipinski definition) is 8. The Morgan fingerprint density at radius 1 is 1.21 bits per heavy atom. The van der Waals surface area contributed by atoms with Crippen LogP contribution in [0.3, 0.4) is 0 Å². The van der Waals surface area contributed by atoms with E-state index in [1.165, 1.54) is 4.90 Å². The van der Waals surface area contributed by atoms with Crippen LogP contribution in [0, 0.1) is 0 Å². The Labute approximate surface area is 164 Å². The van der Waals surface area contributed by atoms with Crippen molar-refractivity contribution in [1.82, 2.24) is 10.2 Å². The van der Waals surface area contributed by atoms with Crippen molar-refractivity contribution in [2.45, 2.75) is 43.8 Å². The van der Waals surface area contributed by atoms with Gasteiger partial charge >= 0.3 is 6.09 Å². The molecule has 0 aromatic heterocycles. The van der Waals surface area contributed by atoms with Crippen molar-refractivity contribution in [3.63, 3.8) is 0 Å². The number of carboxylic acids is 2. The van der Waals surface area contributed by atoms with E-state index in [2.05, 4.69) is 15.3 Å². The number of carbonyl (C=O) groups is 3. The lowest BCUT2D eigenvalue weighted by Crippen LogP contribution is -2.76. The van der Waals surface area contributed by atoms with Crippen LogP contribution in [-0.4, -0.2) is 92.0 Å². The molecular formula is C14H25N7O8. The number of rotatable bonds is 2. The van der Waals surface area contributed by atoms with Crippen LogP contribution in [-0.2, 0) is 14.3 Å². The summed E-state index contributed by atoms with van der Waals surface area (Å²) in [7, 11) is 0. The highest BCUT2D eigenvalue weighted by atomic mass is 16.5. The molecule has 1 amide bonds. The number of primary amides is 1. The van der Waals surface area contributed by atoms with Crippen molar-refractivity contribution >= 4 is 30.0 Å². The maximum absolute atomic E-state index is 10.8. The number of carbonyl (C=O) groups excluding carboxylic acids is 1. The van der Waals surface area contributed by atoms with Gasteiger partial charge in [0.25, 0.3) is 11.9 Å². The zero-order valence-corrected chi connectivity index (χ0v) is 15.8. The van der Waals surface area contributed by atoms with Gasteiger partial charge in [-0.05, 0) is 0 Å². The average Bonchev–Trinajstić information content (AvgIpc) is 3.01. The lowest BCUT2D eigenvalue weighted by atomic mass is 9.87. The number of nitrogens with zero attached hydrogens (tertiary/aromatic N) is 3. The molecule has 3 atom stereocenters. The monoisotopic (exact) mass is 419 g/mol. The highest BCUT2D eigenvalue weighted by Gasteiger charge is 2.69. The molecule has 0 saturated carbocycles. The van der Waals surface area contributed by atoms with Gasteiger partial charge in [-0.1, -0.05) is 0 Å². The van der Waals surface area contributed by atoms with Crippen molar-refractivity contribution in [2.75, 3.05) is 13.2 Å². The number of hydrogen-bond acceptors (Lipinski definition) is 12. The predicted molar refractivity (Wildman–Crippen MR) is 97.3 cm³/mol. The lowest BCUT2D eigenvalue weighted by Gasteiger charge is -2.48. The summed E-state index contributed by atoms with van der Waals surface area (Å²) in [6.45, 7) is 2.25. The van der Waals surface area contributed by atoms with E-state index in [1.54, 1.807) is 0 Å². The minimum Gasteiger partial charge on any atom is -0.481 e. The first-order valence-corrected chi connectivity index (χ1v) is 8.23. The van der Waals surface area contributed by atoms with Gasteiger partial charge in [0.1, 0.15) is 18.7 Å². The standard InChI is InChI=1S/C10H17N7O4.2C2H4O2/c11-6-15-5-4(3-21-8(13)18)14-7(12)17-2-1-9(19,20)10(5,17)16-6;2*1-2(3)4/h4-5,19-20H,1-3H2,(H2,12,14)(H2,13,18)(H3,11,15,16);2*1H3,(H,3,4)/t4-,5-,10-;;/m0../s1. The summed E-state index contributed by atoms with van der Waals surface area (Å²) in [6, 6.07) is -1.50. The molecule has 0 unspecified atom stereocenters. The first-order chi connectivity index (χ1) is 13.2. The molecule has 3 rings (SSSR count). The third kappa shape index (κ3) is 5.14. The second kappa shape index (κ2) is 8.78. The molecule has 164 valence electrons. The number of ether oxygens (including phenoxy) is 1. The third-order valence-electron chi connectivity index (χ3n) is 4.08. The van der Waals surface area contributed by atoms with Crippen molar-refractivity contribution in [3.05, 3.63) is 0 Å². The summed E-state index contributed by atoms with van der Waals surface area (Å²) in [4.78, 5) is 38.6. The number of amides is 1. The Hall–Kier alpha value is -3.33. The van der Waals surface area contributed by atoms with Gasteiger partial charge in [-0.25, -0.2) is 14.8 Å². The Balaban J connectivity index is 0.000000452. The summed E-state index contributed by atoms with van der Waals surface area (Å²) in [5.41, 5.74) is 15.1. The summed E-state index contributed by atoms with van der Waals surface area (Å²) in [5, 5.41) is 38.3. The van der Waals surface area contributed by atoms with Crippen LogP contribution < -0.4 is 22.5 Å². The Kier molecular flexibility index (Phi) is 7.18. The maximum atomic E-state index is 10.8. The molecule has 29 heavy (non-hydrogen) atoms. The molecule has 0 aliphatic carbocycles. The van der Waals surface area contributed by atoms with E-state index in [9.17, 15) is 15.0 Å². The van der Waals surface area contributed by atoms with E-state index in [4.69, 9.17) is 41.7 Å². The normalized spacial score (nSPS) is 27.9. The second-order valence-electron chi connectivity index (χ2n) is 6.29. The van der Waals surface area contributed by atoms with E-state index in [0.717, 1.165) is 13.8 Å². The molecule has 3 heterocycles. The molecular weight excluding hydrogens is 394 g/mol. The zero-order valence-electron chi connectivity index (χ0n) is 15.8. The van der Waals surface area contributed by atoms with Crippen molar-refractivity contribution in [2.24, 2.45) is 27.2 Å². The highest BCUT2D eigenvalue weighted by Crippen LogP contribution is 2.44. The van der Waals surface area contributed by atoms with Crippen LogP contribution in [0.1, 0.15) is 20.3 Å². The fourth-order valence-corrected chi connectivity index (χ4v) is 3.23.